The van der Waals surface area contributed by atoms with Gasteiger partial charge in [0.1, 0.15) is 5.75 Å². The van der Waals surface area contributed by atoms with E-state index in [1.54, 1.807) is 36.4 Å². The van der Waals surface area contributed by atoms with Gasteiger partial charge in [0.25, 0.3) is 0 Å². The van der Waals surface area contributed by atoms with E-state index in [4.69, 9.17) is 4.74 Å². The van der Waals surface area contributed by atoms with Crippen molar-refractivity contribution < 1.29 is 14.3 Å². The zero-order valence-electron chi connectivity index (χ0n) is 17.7. The fourth-order valence-electron chi connectivity index (χ4n) is 3.88. The van der Waals surface area contributed by atoms with Gasteiger partial charge in [-0.3, -0.25) is 10.1 Å². The van der Waals surface area contributed by atoms with Gasteiger partial charge in [0.2, 0.25) is 5.91 Å². The van der Waals surface area contributed by atoms with Gasteiger partial charge in [0, 0.05) is 6.54 Å². The quantitative estimate of drug-likeness (QED) is 0.486. The largest absolute Gasteiger partial charge is 0.423 e. The van der Waals surface area contributed by atoms with E-state index in [9.17, 15) is 9.59 Å². The van der Waals surface area contributed by atoms with E-state index in [0.717, 1.165) is 11.1 Å². The van der Waals surface area contributed by atoms with Crippen molar-refractivity contribution in [1.29, 1.82) is 0 Å². The van der Waals surface area contributed by atoms with E-state index in [1.807, 2.05) is 67.3 Å². The van der Waals surface area contributed by atoms with E-state index in [2.05, 4.69) is 5.32 Å². The maximum Gasteiger partial charge on any atom is 0.343 e. The van der Waals surface area contributed by atoms with E-state index in [0.29, 0.717) is 24.3 Å². The Hall–Kier alpha value is -3.44. The second kappa shape index (κ2) is 8.74. The summed E-state index contributed by atoms with van der Waals surface area (Å²) in [7, 11) is 0. The van der Waals surface area contributed by atoms with Crippen molar-refractivity contribution in [3.63, 3.8) is 0 Å². The van der Waals surface area contributed by atoms with Gasteiger partial charge < -0.3 is 9.64 Å². The molecule has 3 aromatic carbocycles. The molecule has 31 heavy (non-hydrogen) atoms. The highest BCUT2D eigenvalue weighted by atomic mass is 16.5. The van der Waals surface area contributed by atoms with Gasteiger partial charge in [-0.1, -0.05) is 60.7 Å². The van der Waals surface area contributed by atoms with E-state index < -0.39 is 5.66 Å². The lowest BCUT2D eigenvalue weighted by Crippen LogP contribution is -2.46. The van der Waals surface area contributed by atoms with Crippen LogP contribution >= 0.6 is 0 Å². The summed E-state index contributed by atoms with van der Waals surface area (Å²) in [6.45, 7) is 4.63. The highest BCUT2D eigenvalue weighted by Gasteiger charge is 2.43. The van der Waals surface area contributed by atoms with Crippen LogP contribution in [0.1, 0.15) is 35.3 Å². The van der Waals surface area contributed by atoms with Crippen molar-refractivity contribution in [3.8, 4) is 5.75 Å². The molecule has 1 saturated heterocycles. The van der Waals surface area contributed by atoms with Crippen LogP contribution < -0.4 is 10.1 Å². The van der Waals surface area contributed by atoms with Gasteiger partial charge in [0.15, 0.2) is 0 Å². The first-order valence-corrected chi connectivity index (χ1v) is 10.4. The smallest absolute Gasteiger partial charge is 0.343 e. The minimum atomic E-state index is -0.428. The first kappa shape index (κ1) is 20.8. The van der Waals surface area contributed by atoms with Crippen molar-refractivity contribution in [2.24, 2.45) is 0 Å². The third kappa shape index (κ3) is 4.84. The molecule has 3 aromatic rings. The number of benzene rings is 3. The van der Waals surface area contributed by atoms with Crippen LogP contribution in [0.3, 0.4) is 0 Å². The molecule has 1 N–H and O–H groups in total. The molecule has 0 spiro atoms. The van der Waals surface area contributed by atoms with E-state index >= 15 is 0 Å². The molecule has 1 heterocycles. The van der Waals surface area contributed by atoms with Crippen molar-refractivity contribution in [3.05, 3.63) is 102 Å². The molecule has 0 aromatic heterocycles. The first-order valence-electron chi connectivity index (χ1n) is 10.4. The average molecular weight is 415 g/mol. The average Bonchev–Trinajstić information content (AvgIpc) is 2.99. The number of carbonyl (C=O) groups is 2. The molecule has 0 aliphatic carbocycles. The molecule has 0 unspecified atom stereocenters. The lowest BCUT2D eigenvalue weighted by Gasteiger charge is -2.31. The normalized spacial score (nSPS) is 17.5. The van der Waals surface area contributed by atoms with E-state index in [1.165, 1.54) is 0 Å². The number of rotatable bonds is 6. The van der Waals surface area contributed by atoms with Crippen molar-refractivity contribution in [2.75, 3.05) is 0 Å². The van der Waals surface area contributed by atoms with Crippen LogP contribution in [0.4, 0.5) is 0 Å². The molecule has 1 fully saturated rings. The molecule has 0 bridgehead atoms. The molecule has 5 heteroatoms. The summed E-state index contributed by atoms with van der Waals surface area (Å²) in [5, 5.41) is 3.46. The Kier molecular flexibility index (Phi) is 5.87. The predicted octanol–water partition coefficient (Wildman–Crippen LogP) is 4.19. The first-order chi connectivity index (χ1) is 14.9. The van der Waals surface area contributed by atoms with Gasteiger partial charge >= 0.3 is 5.97 Å². The van der Waals surface area contributed by atoms with Crippen LogP contribution in [0.5, 0.6) is 5.75 Å². The van der Waals surface area contributed by atoms with Crippen LogP contribution in [0, 0.1) is 0 Å². The standard InChI is InChI=1S/C26H26N2O3/c1-26(2)27-23(24(29)28(26)18-20-9-5-3-6-10-20)17-19-13-15-22(16-14-19)31-25(30)21-11-7-4-8-12-21/h3-16,23,27H,17-18H2,1-2H3/t23-/m0/s1. The molecule has 0 saturated carbocycles. The fraction of sp³-hybridized carbons (Fsp3) is 0.231. The lowest BCUT2D eigenvalue weighted by atomic mass is 10.1. The van der Waals surface area contributed by atoms with Crippen molar-refractivity contribution in [2.45, 2.75) is 38.5 Å². The second-order valence-corrected chi connectivity index (χ2v) is 8.27. The van der Waals surface area contributed by atoms with Crippen LogP contribution in [-0.2, 0) is 17.8 Å². The molecule has 1 aliphatic rings. The third-order valence-corrected chi connectivity index (χ3v) is 5.53. The van der Waals surface area contributed by atoms with E-state index in [-0.39, 0.29) is 17.9 Å². The second-order valence-electron chi connectivity index (χ2n) is 8.27. The molecular formula is C26H26N2O3. The molecule has 5 nitrogen and oxygen atoms in total. The molecular weight excluding hydrogens is 388 g/mol. The maximum absolute atomic E-state index is 13.1. The highest BCUT2D eigenvalue weighted by molar-refractivity contribution is 5.91. The summed E-state index contributed by atoms with van der Waals surface area (Å²) in [5.41, 5.74) is 2.19. The lowest BCUT2D eigenvalue weighted by molar-refractivity contribution is -0.132. The van der Waals surface area contributed by atoms with Gasteiger partial charge in [0.05, 0.1) is 17.3 Å². The van der Waals surface area contributed by atoms with Crippen LogP contribution in [-0.4, -0.2) is 28.5 Å². The Morgan fingerprint density at radius 3 is 2.16 bits per heavy atom. The topological polar surface area (TPSA) is 58.6 Å². The summed E-state index contributed by atoms with van der Waals surface area (Å²) in [6, 6.07) is 25.9. The summed E-state index contributed by atoms with van der Waals surface area (Å²) >= 11 is 0. The van der Waals surface area contributed by atoms with Gasteiger partial charge in [-0.25, -0.2) is 4.79 Å². The van der Waals surface area contributed by atoms with Crippen molar-refractivity contribution >= 4 is 11.9 Å². The molecule has 1 amide bonds. The Balaban J connectivity index is 1.40. The van der Waals surface area contributed by atoms with Gasteiger partial charge in [-0.15, -0.1) is 0 Å². The highest BCUT2D eigenvalue weighted by Crippen LogP contribution is 2.26. The molecule has 4 rings (SSSR count). The zero-order valence-corrected chi connectivity index (χ0v) is 17.7. The Bertz CT molecular complexity index is 1050. The minimum Gasteiger partial charge on any atom is -0.423 e. The monoisotopic (exact) mass is 414 g/mol. The Labute approximate surface area is 182 Å². The fourth-order valence-corrected chi connectivity index (χ4v) is 3.88. The molecule has 158 valence electrons. The van der Waals surface area contributed by atoms with Gasteiger partial charge in [-0.05, 0) is 55.7 Å². The molecule has 0 radical (unpaired) electrons. The maximum atomic E-state index is 13.1. The number of carbonyl (C=O) groups excluding carboxylic acids is 2. The molecule has 1 atom stereocenters. The number of nitrogens with one attached hydrogen (secondary N) is 1. The Morgan fingerprint density at radius 1 is 0.903 bits per heavy atom. The summed E-state index contributed by atoms with van der Waals surface area (Å²) in [5.74, 6) is 0.182. The number of hydrogen-bond acceptors (Lipinski definition) is 4. The number of ether oxygens (including phenoxy) is 1. The van der Waals surface area contributed by atoms with Crippen LogP contribution in [0.15, 0.2) is 84.9 Å². The minimum absolute atomic E-state index is 0.0911. The third-order valence-electron chi connectivity index (χ3n) is 5.53. The summed E-state index contributed by atoms with van der Waals surface area (Å²) in [6.07, 6.45) is 0.570. The number of nitrogens with zero attached hydrogens (tertiary/aromatic N) is 1. The number of hydrogen-bond donors (Lipinski definition) is 1. The summed E-state index contributed by atoms with van der Waals surface area (Å²) in [4.78, 5) is 27.2. The van der Waals surface area contributed by atoms with Crippen LogP contribution in [0.2, 0.25) is 0 Å². The molecule has 1 aliphatic heterocycles. The predicted molar refractivity (Wildman–Crippen MR) is 120 cm³/mol. The van der Waals surface area contributed by atoms with Crippen molar-refractivity contribution in [1.82, 2.24) is 10.2 Å². The summed E-state index contributed by atoms with van der Waals surface area (Å²) < 4.78 is 5.43. The number of esters is 1. The van der Waals surface area contributed by atoms with Gasteiger partial charge in [-0.2, -0.15) is 0 Å². The number of amides is 1. The zero-order chi connectivity index (χ0) is 21.8. The SMILES string of the molecule is CC1(C)N[C@@H](Cc2ccc(OC(=O)c3ccccc3)cc2)C(=O)N1Cc1ccccc1. The van der Waals surface area contributed by atoms with Crippen LogP contribution in [0.25, 0.3) is 0 Å². The Morgan fingerprint density at radius 2 is 1.52 bits per heavy atom.